The van der Waals surface area contributed by atoms with Gasteiger partial charge in [0, 0.05) is 49.9 Å². The lowest BCUT2D eigenvalue weighted by Gasteiger charge is -2.26. The first-order chi connectivity index (χ1) is 12.9. The van der Waals surface area contributed by atoms with E-state index in [4.69, 9.17) is 5.73 Å². The molecule has 0 saturated carbocycles. The van der Waals surface area contributed by atoms with E-state index in [-0.39, 0.29) is 23.8 Å². The third-order valence-corrected chi connectivity index (χ3v) is 5.50. The van der Waals surface area contributed by atoms with Crippen molar-refractivity contribution in [2.75, 3.05) is 31.9 Å². The molecule has 2 N–H and O–H groups in total. The van der Waals surface area contributed by atoms with Gasteiger partial charge >= 0.3 is 0 Å². The summed E-state index contributed by atoms with van der Waals surface area (Å²) in [5.74, 6) is 1.09. The maximum Gasteiger partial charge on any atom is 0.273 e. The summed E-state index contributed by atoms with van der Waals surface area (Å²) >= 11 is 1.26. The van der Waals surface area contributed by atoms with E-state index >= 15 is 0 Å². The van der Waals surface area contributed by atoms with Crippen molar-refractivity contribution < 1.29 is 9.59 Å². The van der Waals surface area contributed by atoms with Crippen LogP contribution in [-0.4, -0.2) is 62.3 Å². The predicted octanol–water partition coefficient (Wildman–Crippen LogP) is 1.98. The Balaban J connectivity index is 1.65. The van der Waals surface area contributed by atoms with Crippen LogP contribution in [0.15, 0.2) is 17.8 Å². The molecule has 27 heavy (non-hydrogen) atoms. The number of carbonyl (C=O) groups excluding carboxylic acids is 2. The van der Waals surface area contributed by atoms with E-state index in [2.05, 4.69) is 23.8 Å². The van der Waals surface area contributed by atoms with Crippen LogP contribution >= 0.6 is 11.3 Å². The second kappa shape index (κ2) is 8.08. The molecule has 146 valence electrons. The molecular weight excluding hydrogens is 364 g/mol. The monoisotopic (exact) mass is 390 g/mol. The molecule has 1 saturated heterocycles. The largest absolute Gasteiger partial charge is 0.375 e. The van der Waals surface area contributed by atoms with Gasteiger partial charge in [-0.25, -0.2) is 9.97 Å². The molecule has 0 radical (unpaired) electrons. The average molecular weight is 391 g/mol. The number of nitrogens with zero attached hydrogens (tertiary/aromatic N) is 5. The lowest BCUT2D eigenvalue weighted by atomic mass is 10.2. The summed E-state index contributed by atoms with van der Waals surface area (Å²) in [4.78, 5) is 37.6. The summed E-state index contributed by atoms with van der Waals surface area (Å²) < 4.78 is 1.94. The molecule has 1 aliphatic rings. The topological polar surface area (TPSA) is 97.4 Å². The number of rotatable bonds is 4. The van der Waals surface area contributed by atoms with Crippen molar-refractivity contribution in [3.8, 4) is 0 Å². The van der Waals surface area contributed by atoms with Gasteiger partial charge in [-0.3, -0.25) is 9.59 Å². The summed E-state index contributed by atoms with van der Waals surface area (Å²) in [6.45, 7) is 8.29. The van der Waals surface area contributed by atoms with Crippen molar-refractivity contribution in [2.24, 2.45) is 0 Å². The summed E-state index contributed by atoms with van der Waals surface area (Å²) in [6, 6.07) is -0.314. The van der Waals surface area contributed by atoms with Crippen molar-refractivity contribution in [3.63, 3.8) is 0 Å². The van der Waals surface area contributed by atoms with Gasteiger partial charge in [0.1, 0.15) is 17.6 Å². The normalized spacial score (nSPS) is 16.4. The summed E-state index contributed by atoms with van der Waals surface area (Å²) in [5.41, 5.74) is 6.01. The Labute approximate surface area is 163 Å². The fourth-order valence-electron chi connectivity index (χ4n) is 3.37. The highest BCUT2D eigenvalue weighted by molar-refractivity contribution is 7.13. The van der Waals surface area contributed by atoms with Crippen molar-refractivity contribution >= 4 is 28.3 Å². The number of nitrogens with two attached hydrogens (primary N) is 1. The SMILES string of the molecule is CC(C)c1nccn1C(C)C(=O)N1CCCN(C(=O)c2csc(N)n2)CC1. The minimum atomic E-state index is -0.314. The first-order valence-electron chi connectivity index (χ1n) is 9.20. The Bertz CT molecular complexity index is 814. The lowest BCUT2D eigenvalue weighted by Crippen LogP contribution is -2.40. The molecule has 3 heterocycles. The van der Waals surface area contributed by atoms with Crippen molar-refractivity contribution in [2.45, 2.75) is 39.2 Å². The molecule has 3 rings (SSSR count). The van der Waals surface area contributed by atoms with Crippen LogP contribution in [0.3, 0.4) is 0 Å². The molecule has 0 aliphatic carbocycles. The number of anilines is 1. The number of imidazole rings is 1. The van der Waals surface area contributed by atoms with Crippen molar-refractivity contribution in [1.82, 2.24) is 24.3 Å². The van der Waals surface area contributed by atoms with Crippen molar-refractivity contribution in [1.29, 1.82) is 0 Å². The van der Waals surface area contributed by atoms with Crippen LogP contribution in [0.2, 0.25) is 0 Å². The third kappa shape index (κ3) is 4.13. The van der Waals surface area contributed by atoms with E-state index in [1.807, 2.05) is 22.6 Å². The number of amides is 2. The molecule has 2 amide bonds. The van der Waals surface area contributed by atoms with E-state index in [1.165, 1.54) is 11.3 Å². The molecule has 0 aromatic carbocycles. The lowest BCUT2D eigenvalue weighted by molar-refractivity contribution is -0.134. The van der Waals surface area contributed by atoms with E-state index in [0.717, 1.165) is 12.2 Å². The van der Waals surface area contributed by atoms with Gasteiger partial charge in [0.25, 0.3) is 5.91 Å². The molecule has 0 bridgehead atoms. The third-order valence-electron chi connectivity index (χ3n) is 4.83. The highest BCUT2D eigenvalue weighted by Gasteiger charge is 2.28. The zero-order valence-electron chi connectivity index (χ0n) is 16.0. The first kappa shape index (κ1) is 19.3. The zero-order chi connectivity index (χ0) is 19.6. The van der Waals surface area contributed by atoms with Gasteiger partial charge in [0.15, 0.2) is 5.13 Å². The van der Waals surface area contributed by atoms with E-state index in [1.54, 1.807) is 16.5 Å². The molecule has 1 atom stereocenters. The number of nitrogen functional groups attached to an aromatic ring is 1. The molecular formula is C18H26N6O2S. The molecule has 2 aromatic heterocycles. The maximum atomic E-state index is 13.0. The van der Waals surface area contributed by atoms with Crippen LogP contribution in [0.5, 0.6) is 0 Å². The molecule has 9 heteroatoms. The fourth-order valence-corrected chi connectivity index (χ4v) is 3.91. The van der Waals surface area contributed by atoms with E-state index in [9.17, 15) is 9.59 Å². The van der Waals surface area contributed by atoms with Crippen LogP contribution in [0.25, 0.3) is 0 Å². The van der Waals surface area contributed by atoms with Crippen molar-refractivity contribution in [3.05, 3.63) is 29.3 Å². The molecule has 1 aliphatic heterocycles. The second-order valence-corrected chi connectivity index (χ2v) is 7.96. The van der Waals surface area contributed by atoms with Gasteiger partial charge in [-0.05, 0) is 13.3 Å². The van der Waals surface area contributed by atoms with Gasteiger partial charge < -0.3 is 20.1 Å². The highest BCUT2D eigenvalue weighted by atomic mass is 32.1. The van der Waals surface area contributed by atoms with Gasteiger partial charge in [-0.1, -0.05) is 13.8 Å². The van der Waals surface area contributed by atoms with Crippen LogP contribution in [-0.2, 0) is 4.79 Å². The smallest absolute Gasteiger partial charge is 0.273 e. The number of carbonyl (C=O) groups is 2. The molecule has 1 unspecified atom stereocenters. The molecule has 1 fully saturated rings. The maximum absolute atomic E-state index is 13.0. The first-order valence-corrected chi connectivity index (χ1v) is 10.1. The van der Waals surface area contributed by atoms with Gasteiger partial charge in [-0.15, -0.1) is 11.3 Å². The number of hydrogen-bond donors (Lipinski definition) is 1. The second-order valence-electron chi connectivity index (χ2n) is 7.07. The van der Waals surface area contributed by atoms with Crippen LogP contribution in [0, 0.1) is 0 Å². The predicted molar refractivity (Wildman–Crippen MR) is 105 cm³/mol. The van der Waals surface area contributed by atoms with Crippen LogP contribution in [0.1, 0.15) is 55.5 Å². The summed E-state index contributed by atoms with van der Waals surface area (Å²) in [6.07, 6.45) is 4.34. The Morgan fingerprint density at radius 2 is 1.85 bits per heavy atom. The number of aromatic nitrogens is 3. The van der Waals surface area contributed by atoms with Gasteiger partial charge in [0.05, 0.1) is 0 Å². The Morgan fingerprint density at radius 1 is 1.15 bits per heavy atom. The summed E-state index contributed by atoms with van der Waals surface area (Å²) in [7, 11) is 0. The van der Waals surface area contributed by atoms with Gasteiger partial charge in [-0.2, -0.15) is 0 Å². The quantitative estimate of drug-likeness (QED) is 0.861. The standard InChI is InChI=1S/C18H26N6O2S/c1-12(2)15-20-5-8-24(15)13(3)16(25)22-6-4-7-23(10-9-22)17(26)14-11-27-18(19)21-14/h5,8,11-13H,4,6-7,9-10H2,1-3H3,(H2,19,21). The highest BCUT2D eigenvalue weighted by Crippen LogP contribution is 2.20. The van der Waals surface area contributed by atoms with E-state index < -0.39 is 0 Å². The molecule has 2 aromatic rings. The Hall–Kier alpha value is -2.42. The Morgan fingerprint density at radius 3 is 2.52 bits per heavy atom. The zero-order valence-corrected chi connectivity index (χ0v) is 16.8. The minimum Gasteiger partial charge on any atom is -0.375 e. The van der Waals surface area contributed by atoms with E-state index in [0.29, 0.717) is 37.0 Å². The number of hydrogen-bond acceptors (Lipinski definition) is 6. The average Bonchev–Trinajstić information content (AvgIpc) is 3.23. The molecule has 8 nitrogen and oxygen atoms in total. The fraction of sp³-hybridized carbons (Fsp3) is 0.556. The summed E-state index contributed by atoms with van der Waals surface area (Å²) in [5, 5.41) is 2.07. The number of thiazole rings is 1. The van der Waals surface area contributed by atoms with Crippen LogP contribution < -0.4 is 5.73 Å². The van der Waals surface area contributed by atoms with Gasteiger partial charge in [0.2, 0.25) is 5.91 Å². The minimum absolute atomic E-state index is 0.0575. The Kier molecular flexibility index (Phi) is 5.79. The molecule has 0 spiro atoms. The van der Waals surface area contributed by atoms with Crippen LogP contribution in [0.4, 0.5) is 5.13 Å².